The third kappa shape index (κ3) is 5.17. The lowest BCUT2D eigenvalue weighted by Crippen LogP contribution is -2.17. The minimum absolute atomic E-state index is 0.278. The van der Waals surface area contributed by atoms with Gasteiger partial charge < -0.3 is 10.2 Å². The first-order valence-corrected chi connectivity index (χ1v) is 11.1. The molecular weight excluding hydrogens is 445 g/mol. The lowest BCUT2D eigenvalue weighted by molar-refractivity contribution is 0.231. The zero-order valence-corrected chi connectivity index (χ0v) is 20.7. The highest BCUT2D eigenvalue weighted by Gasteiger charge is 2.27. The molecule has 1 aromatic heterocycles. The first-order chi connectivity index (χ1) is 14.8. The average Bonchev–Trinajstić information content (AvgIpc) is 3.19. The van der Waals surface area contributed by atoms with Crippen molar-refractivity contribution in [3.63, 3.8) is 0 Å². The van der Waals surface area contributed by atoms with Crippen molar-refractivity contribution in [1.29, 1.82) is 0 Å². The summed E-state index contributed by atoms with van der Waals surface area (Å²) in [6, 6.07) is 8.85. The van der Waals surface area contributed by atoms with Crippen molar-refractivity contribution in [1.82, 2.24) is 14.8 Å². The SMILES string of the molecule is CC(C)(C)c1cc(/C=C(\[C@@H](O)c2ccc(Cl)cc2Cl)n2cncn2)cc(C(C)(C)C)c1O. The maximum absolute atomic E-state index is 11.3. The first-order valence-electron chi connectivity index (χ1n) is 10.4. The minimum Gasteiger partial charge on any atom is -0.507 e. The topological polar surface area (TPSA) is 71.2 Å². The third-order valence-electron chi connectivity index (χ3n) is 5.28. The summed E-state index contributed by atoms with van der Waals surface area (Å²) in [5.41, 5.74) is 2.90. The van der Waals surface area contributed by atoms with Gasteiger partial charge in [0.1, 0.15) is 24.5 Å². The predicted octanol–water partition coefficient (Wildman–Crippen LogP) is 6.62. The fourth-order valence-corrected chi connectivity index (χ4v) is 4.06. The van der Waals surface area contributed by atoms with E-state index in [0.717, 1.165) is 16.7 Å². The van der Waals surface area contributed by atoms with Crippen LogP contribution in [0.2, 0.25) is 10.0 Å². The molecule has 5 nitrogen and oxygen atoms in total. The Morgan fingerprint density at radius 1 is 1.00 bits per heavy atom. The highest BCUT2D eigenvalue weighted by atomic mass is 35.5. The molecular formula is C25H29Cl2N3O2. The summed E-state index contributed by atoms with van der Waals surface area (Å²) in [5.74, 6) is 0.297. The normalized spacial score (nSPS) is 14.0. The number of hydrogen-bond donors (Lipinski definition) is 2. The zero-order valence-electron chi connectivity index (χ0n) is 19.2. The summed E-state index contributed by atoms with van der Waals surface area (Å²) in [6.07, 6.45) is 3.69. The Bertz CT molecular complexity index is 1110. The van der Waals surface area contributed by atoms with Crippen LogP contribution in [0.5, 0.6) is 5.75 Å². The second kappa shape index (κ2) is 8.89. The molecule has 1 heterocycles. The van der Waals surface area contributed by atoms with Gasteiger partial charge in [-0.2, -0.15) is 5.10 Å². The molecule has 0 aliphatic rings. The Hall–Kier alpha value is -2.34. The Morgan fingerprint density at radius 3 is 2.06 bits per heavy atom. The summed E-state index contributed by atoms with van der Waals surface area (Å²) in [5, 5.41) is 27.4. The van der Waals surface area contributed by atoms with Gasteiger partial charge in [-0.15, -0.1) is 0 Å². The molecule has 0 fully saturated rings. The van der Waals surface area contributed by atoms with Crippen molar-refractivity contribution < 1.29 is 10.2 Å². The van der Waals surface area contributed by atoms with Crippen LogP contribution in [0.15, 0.2) is 43.0 Å². The van der Waals surface area contributed by atoms with Gasteiger partial charge in [0.2, 0.25) is 0 Å². The number of hydrogen-bond acceptors (Lipinski definition) is 4. The van der Waals surface area contributed by atoms with E-state index < -0.39 is 6.10 Å². The smallest absolute Gasteiger partial charge is 0.138 e. The van der Waals surface area contributed by atoms with Crippen LogP contribution in [0, 0.1) is 0 Å². The molecule has 0 bridgehead atoms. The number of aromatic nitrogens is 3. The summed E-state index contributed by atoms with van der Waals surface area (Å²) >= 11 is 12.4. The molecule has 0 radical (unpaired) electrons. The summed E-state index contributed by atoms with van der Waals surface area (Å²) in [4.78, 5) is 4.03. The van der Waals surface area contributed by atoms with Crippen molar-refractivity contribution in [3.05, 3.63) is 75.3 Å². The van der Waals surface area contributed by atoms with Crippen molar-refractivity contribution in [3.8, 4) is 5.75 Å². The fourth-order valence-electron chi connectivity index (χ4n) is 3.55. The maximum Gasteiger partial charge on any atom is 0.138 e. The van der Waals surface area contributed by atoms with Crippen molar-refractivity contribution in [2.24, 2.45) is 0 Å². The highest BCUT2D eigenvalue weighted by Crippen LogP contribution is 2.41. The van der Waals surface area contributed by atoms with Gasteiger partial charge in [-0.05, 0) is 46.7 Å². The second-order valence-corrected chi connectivity index (χ2v) is 10.8. The third-order valence-corrected chi connectivity index (χ3v) is 5.85. The molecule has 7 heteroatoms. The molecule has 1 atom stereocenters. The fraction of sp³-hybridized carbons (Fsp3) is 0.360. The standard InChI is InChI=1S/C25H29Cl2N3O2/c1-24(2,3)18-9-15(10-19(23(18)32)25(4,5)6)11-21(30-14-28-13-29-30)22(31)17-8-7-16(26)12-20(17)27/h7-14,22,31-32H,1-6H3/b21-11+/t22-/m0/s1. The van der Waals surface area contributed by atoms with Gasteiger partial charge in [0.25, 0.3) is 0 Å². The van der Waals surface area contributed by atoms with Crippen LogP contribution in [-0.2, 0) is 10.8 Å². The van der Waals surface area contributed by atoms with Gasteiger partial charge in [-0.1, -0.05) is 70.8 Å². The Labute approximate surface area is 199 Å². The van der Waals surface area contributed by atoms with Crippen LogP contribution in [0.3, 0.4) is 0 Å². The molecule has 0 spiro atoms. The number of phenolic OH excluding ortho intramolecular Hbond substituents is 1. The molecule has 0 amide bonds. The van der Waals surface area contributed by atoms with Gasteiger partial charge in [-0.3, -0.25) is 0 Å². The van der Waals surface area contributed by atoms with Crippen LogP contribution < -0.4 is 0 Å². The summed E-state index contributed by atoms with van der Waals surface area (Å²) < 4.78 is 1.51. The molecule has 0 saturated carbocycles. The van der Waals surface area contributed by atoms with E-state index in [1.54, 1.807) is 18.2 Å². The molecule has 170 valence electrons. The van der Waals surface area contributed by atoms with Crippen LogP contribution >= 0.6 is 23.2 Å². The molecule has 3 rings (SSSR count). The van der Waals surface area contributed by atoms with E-state index in [1.165, 1.54) is 17.3 Å². The van der Waals surface area contributed by atoms with Crippen molar-refractivity contribution in [2.45, 2.75) is 58.5 Å². The van der Waals surface area contributed by atoms with Crippen LogP contribution in [0.1, 0.15) is 69.9 Å². The maximum atomic E-state index is 11.3. The van der Waals surface area contributed by atoms with Gasteiger partial charge in [0, 0.05) is 26.7 Å². The summed E-state index contributed by atoms with van der Waals surface area (Å²) in [7, 11) is 0. The quantitative estimate of drug-likeness (QED) is 0.446. The lowest BCUT2D eigenvalue weighted by Gasteiger charge is -2.28. The number of aliphatic hydroxyl groups excluding tert-OH is 1. The van der Waals surface area contributed by atoms with E-state index in [0.29, 0.717) is 27.1 Å². The van der Waals surface area contributed by atoms with E-state index in [9.17, 15) is 10.2 Å². The molecule has 0 aliphatic carbocycles. The Morgan fingerprint density at radius 2 is 1.59 bits per heavy atom. The average molecular weight is 474 g/mol. The molecule has 32 heavy (non-hydrogen) atoms. The van der Waals surface area contributed by atoms with Gasteiger partial charge in [0.05, 0.1) is 5.70 Å². The first kappa shape index (κ1) is 24.3. The number of phenols is 1. The number of nitrogens with zero attached hydrogens (tertiary/aromatic N) is 3. The van der Waals surface area contributed by atoms with Crippen LogP contribution in [-0.4, -0.2) is 25.0 Å². The number of rotatable bonds is 4. The molecule has 2 aromatic carbocycles. The molecule has 0 saturated heterocycles. The van der Waals surface area contributed by atoms with E-state index in [4.69, 9.17) is 23.2 Å². The predicted molar refractivity (Wildman–Crippen MR) is 131 cm³/mol. The number of aliphatic hydroxyl groups is 1. The highest BCUT2D eigenvalue weighted by molar-refractivity contribution is 6.35. The minimum atomic E-state index is -1.08. The number of benzene rings is 2. The zero-order chi connectivity index (χ0) is 23.8. The van der Waals surface area contributed by atoms with E-state index in [1.807, 2.05) is 18.2 Å². The van der Waals surface area contributed by atoms with Crippen molar-refractivity contribution in [2.75, 3.05) is 0 Å². The molecule has 2 N–H and O–H groups in total. The molecule has 0 unspecified atom stereocenters. The van der Waals surface area contributed by atoms with Gasteiger partial charge in [0.15, 0.2) is 0 Å². The Balaban J connectivity index is 2.24. The molecule has 3 aromatic rings. The number of halogens is 2. The molecule has 0 aliphatic heterocycles. The number of aromatic hydroxyl groups is 1. The largest absolute Gasteiger partial charge is 0.507 e. The van der Waals surface area contributed by atoms with E-state index >= 15 is 0 Å². The second-order valence-electron chi connectivity index (χ2n) is 9.94. The van der Waals surface area contributed by atoms with E-state index in [-0.39, 0.29) is 10.8 Å². The van der Waals surface area contributed by atoms with Crippen LogP contribution in [0.4, 0.5) is 0 Å². The lowest BCUT2D eigenvalue weighted by atomic mass is 9.78. The van der Waals surface area contributed by atoms with Gasteiger partial charge >= 0.3 is 0 Å². The van der Waals surface area contributed by atoms with Crippen molar-refractivity contribution >= 4 is 35.0 Å². The van der Waals surface area contributed by atoms with Crippen LogP contribution in [0.25, 0.3) is 11.8 Å². The summed E-state index contributed by atoms with van der Waals surface area (Å²) in [6.45, 7) is 12.3. The monoisotopic (exact) mass is 473 g/mol. The van der Waals surface area contributed by atoms with E-state index in [2.05, 4.69) is 51.6 Å². The van der Waals surface area contributed by atoms with Gasteiger partial charge in [-0.25, -0.2) is 9.67 Å². The Kier molecular flexibility index (Phi) is 6.75.